The van der Waals surface area contributed by atoms with E-state index in [1.807, 2.05) is 6.92 Å². The first kappa shape index (κ1) is 14.0. The minimum Gasteiger partial charge on any atom is -0.478 e. The second-order valence-corrected chi connectivity index (χ2v) is 3.88. The van der Waals surface area contributed by atoms with E-state index >= 15 is 0 Å². The maximum Gasteiger partial charge on any atom is 0.337 e. The Labute approximate surface area is 106 Å². The van der Waals surface area contributed by atoms with E-state index in [0.717, 1.165) is 6.42 Å². The number of nitrogens with one attached hydrogen (secondary N) is 2. The van der Waals surface area contributed by atoms with Gasteiger partial charge in [-0.25, -0.2) is 4.79 Å². The number of rotatable bonds is 7. The van der Waals surface area contributed by atoms with E-state index < -0.39 is 5.97 Å². The van der Waals surface area contributed by atoms with Crippen LogP contribution < -0.4 is 10.6 Å². The number of para-hydroxylation sites is 1. The highest BCUT2D eigenvalue weighted by Crippen LogP contribution is 2.14. The number of aromatic carboxylic acids is 1. The number of benzene rings is 1. The summed E-state index contributed by atoms with van der Waals surface area (Å²) >= 11 is 0. The van der Waals surface area contributed by atoms with Gasteiger partial charge in [-0.2, -0.15) is 0 Å². The average molecular weight is 250 g/mol. The lowest BCUT2D eigenvalue weighted by Crippen LogP contribution is -2.26. The van der Waals surface area contributed by atoms with E-state index in [9.17, 15) is 9.59 Å². The number of anilines is 1. The minimum atomic E-state index is -0.978. The Hall–Kier alpha value is -2.04. The van der Waals surface area contributed by atoms with Gasteiger partial charge in [-0.3, -0.25) is 4.79 Å². The lowest BCUT2D eigenvalue weighted by molar-refractivity contribution is -0.120. The van der Waals surface area contributed by atoms with Crippen LogP contribution in [-0.2, 0) is 4.79 Å². The molecule has 1 amide bonds. The van der Waals surface area contributed by atoms with Gasteiger partial charge in [0, 0.05) is 25.2 Å². The van der Waals surface area contributed by atoms with E-state index in [1.54, 1.807) is 18.2 Å². The fourth-order valence-electron chi connectivity index (χ4n) is 1.49. The van der Waals surface area contributed by atoms with Gasteiger partial charge in [0.25, 0.3) is 0 Å². The number of carbonyl (C=O) groups is 2. The molecule has 0 spiro atoms. The van der Waals surface area contributed by atoms with Gasteiger partial charge in [-0.05, 0) is 18.6 Å². The molecular formula is C13H18N2O3. The molecule has 18 heavy (non-hydrogen) atoms. The van der Waals surface area contributed by atoms with E-state index in [2.05, 4.69) is 10.6 Å². The Bertz CT molecular complexity index is 418. The van der Waals surface area contributed by atoms with Crippen LogP contribution in [0.25, 0.3) is 0 Å². The quantitative estimate of drug-likeness (QED) is 0.688. The maximum absolute atomic E-state index is 11.3. The molecule has 3 N–H and O–H groups in total. The molecule has 1 aromatic carbocycles. The maximum atomic E-state index is 11.3. The van der Waals surface area contributed by atoms with Crippen LogP contribution >= 0.6 is 0 Å². The number of carboxylic acid groups (broad SMARTS) is 1. The van der Waals surface area contributed by atoms with Gasteiger partial charge in [0.1, 0.15) is 0 Å². The van der Waals surface area contributed by atoms with Crippen LogP contribution in [0.2, 0.25) is 0 Å². The normalized spacial score (nSPS) is 9.83. The van der Waals surface area contributed by atoms with Crippen molar-refractivity contribution in [2.45, 2.75) is 19.8 Å². The van der Waals surface area contributed by atoms with Crippen LogP contribution in [0, 0.1) is 0 Å². The van der Waals surface area contributed by atoms with Gasteiger partial charge >= 0.3 is 5.97 Å². The standard InChI is InChI=1S/C13H18N2O3/c1-2-8-15-12(16)7-9-14-11-6-4-3-5-10(11)13(17)18/h3-6,14H,2,7-9H2,1H3,(H,15,16)(H,17,18). The van der Waals surface area contributed by atoms with Gasteiger partial charge in [-0.15, -0.1) is 0 Å². The number of hydrogen-bond donors (Lipinski definition) is 3. The van der Waals surface area contributed by atoms with Crippen molar-refractivity contribution in [1.82, 2.24) is 5.32 Å². The number of carboxylic acids is 1. The minimum absolute atomic E-state index is 0.0304. The second kappa shape index (κ2) is 7.32. The molecule has 0 saturated heterocycles. The first-order chi connectivity index (χ1) is 8.65. The van der Waals surface area contributed by atoms with Crippen molar-refractivity contribution in [3.05, 3.63) is 29.8 Å². The van der Waals surface area contributed by atoms with E-state index in [-0.39, 0.29) is 11.5 Å². The highest BCUT2D eigenvalue weighted by Gasteiger charge is 2.08. The van der Waals surface area contributed by atoms with Crippen molar-refractivity contribution in [3.63, 3.8) is 0 Å². The van der Waals surface area contributed by atoms with Crippen molar-refractivity contribution in [3.8, 4) is 0 Å². The van der Waals surface area contributed by atoms with Crippen LogP contribution in [0.1, 0.15) is 30.1 Å². The highest BCUT2D eigenvalue weighted by molar-refractivity contribution is 5.94. The fraction of sp³-hybridized carbons (Fsp3) is 0.385. The molecule has 0 aliphatic rings. The monoisotopic (exact) mass is 250 g/mol. The van der Waals surface area contributed by atoms with Gasteiger partial charge < -0.3 is 15.7 Å². The van der Waals surface area contributed by atoms with E-state index in [1.165, 1.54) is 6.07 Å². The molecule has 98 valence electrons. The van der Waals surface area contributed by atoms with Crippen LogP contribution in [0.3, 0.4) is 0 Å². The number of hydrogen-bond acceptors (Lipinski definition) is 3. The molecule has 0 saturated carbocycles. The van der Waals surface area contributed by atoms with Crippen molar-refractivity contribution >= 4 is 17.6 Å². The fourth-order valence-corrected chi connectivity index (χ4v) is 1.49. The lowest BCUT2D eigenvalue weighted by atomic mass is 10.2. The smallest absolute Gasteiger partial charge is 0.337 e. The average Bonchev–Trinajstić information content (AvgIpc) is 2.36. The highest BCUT2D eigenvalue weighted by atomic mass is 16.4. The third-order valence-corrected chi connectivity index (χ3v) is 2.40. The van der Waals surface area contributed by atoms with Gasteiger partial charge in [-0.1, -0.05) is 19.1 Å². The van der Waals surface area contributed by atoms with Crippen LogP contribution in [0.5, 0.6) is 0 Å². The predicted octanol–water partition coefficient (Wildman–Crippen LogP) is 1.71. The van der Waals surface area contributed by atoms with Crippen LogP contribution in [0.4, 0.5) is 5.69 Å². The Kier molecular flexibility index (Phi) is 5.70. The first-order valence-electron chi connectivity index (χ1n) is 5.98. The largest absolute Gasteiger partial charge is 0.478 e. The summed E-state index contributed by atoms with van der Waals surface area (Å²) in [5, 5.41) is 14.7. The molecule has 0 aliphatic carbocycles. The molecule has 0 aliphatic heterocycles. The summed E-state index contributed by atoms with van der Waals surface area (Å²) in [5.74, 6) is -1.01. The molecule has 0 unspecified atom stereocenters. The predicted molar refractivity (Wildman–Crippen MR) is 69.8 cm³/mol. The molecule has 0 bridgehead atoms. The van der Waals surface area contributed by atoms with Crippen molar-refractivity contribution in [2.24, 2.45) is 0 Å². The summed E-state index contributed by atoms with van der Waals surface area (Å²) in [6.45, 7) is 3.08. The first-order valence-corrected chi connectivity index (χ1v) is 5.98. The molecule has 0 aromatic heterocycles. The Morgan fingerprint density at radius 3 is 2.61 bits per heavy atom. The number of carbonyl (C=O) groups excluding carboxylic acids is 1. The summed E-state index contributed by atoms with van der Waals surface area (Å²) in [6, 6.07) is 6.64. The molecule has 0 heterocycles. The zero-order valence-electron chi connectivity index (χ0n) is 10.4. The molecule has 1 rings (SSSR count). The van der Waals surface area contributed by atoms with Crippen molar-refractivity contribution in [2.75, 3.05) is 18.4 Å². The zero-order valence-corrected chi connectivity index (χ0v) is 10.4. The third-order valence-electron chi connectivity index (χ3n) is 2.40. The summed E-state index contributed by atoms with van der Waals surface area (Å²) < 4.78 is 0. The molecule has 5 heteroatoms. The van der Waals surface area contributed by atoms with Crippen molar-refractivity contribution < 1.29 is 14.7 Å². The Balaban J connectivity index is 2.44. The topological polar surface area (TPSA) is 78.4 Å². The van der Waals surface area contributed by atoms with Gasteiger partial charge in [0.2, 0.25) is 5.91 Å². The summed E-state index contributed by atoms with van der Waals surface area (Å²) in [7, 11) is 0. The van der Waals surface area contributed by atoms with Gasteiger partial charge in [0.05, 0.1) is 5.56 Å². The Morgan fingerprint density at radius 2 is 1.94 bits per heavy atom. The molecule has 0 atom stereocenters. The number of amides is 1. The van der Waals surface area contributed by atoms with Crippen molar-refractivity contribution in [1.29, 1.82) is 0 Å². The molecular weight excluding hydrogens is 232 g/mol. The van der Waals surface area contributed by atoms with E-state index in [0.29, 0.717) is 25.2 Å². The molecule has 5 nitrogen and oxygen atoms in total. The lowest BCUT2D eigenvalue weighted by Gasteiger charge is -2.09. The summed E-state index contributed by atoms with van der Waals surface area (Å²) in [4.78, 5) is 22.3. The van der Waals surface area contributed by atoms with Crippen LogP contribution in [0.15, 0.2) is 24.3 Å². The summed E-state index contributed by atoms with van der Waals surface area (Å²) in [5.41, 5.74) is 0.750. The van der Waals surface area contributed by atoms with E-state index in [4.69, 9.17) is 5.11 Å². The Morgan fingerprint density at radius 1 is 1.22 bits per heavy atom. The molecule has 1 aromatic rings. The van der Waals surface area contributed by atoms with Crippen LogP contribution in [-0.4, -0.2) is 30.1 Å². The molecule has 0 radical (unpaired) electrons. The molecule has 0 fully saturated rings. The third kappa shape index (κ3) is 4.45. The SMILES string of the molecule is CCCNC(=O)CCNc1ccccc1C(=O)O. The summed E-state index contributed by atoms with van der Waals surface area (Å²) in [6.07, 6.45) is 1.23. The zero-order chi connectivity index (χ0) is 13.4. The van der Waals surface area contributed by atoms with Gasteiger partial charge in [0.15, 0.2) is 0 Å². The second-order valence-electron chi connectivity index (χ2n) is 3.88.